The van der Waals surface area contributed by atoms with Gasteiger partial charge >= 0.3 is 0 Å². The van der Waals surface area contributed by atoms with Crippen molar-refractivity contribution in [1.82, 2.24) is 20.3 Å². The minimum atomic E-state index is -0.372. The zero-order chi connectivity index (χ0) is 15.9. The number of benzene rings is 1. The van der Waals surface area contributed by atoms with Gasteiger partial charge in [0, 0.05) is 24.7 Å². The first-order valence-corrected chi connectivity index (χ1v) is 7.10. The average Bonchev–Trinajstić information content (AvgIpc) is 2.85. The van der Waals surface area contributed by atoms with Crippen LogP contribution in [-0.2, 0) is 7.05 Å². The summed E-state index contributed by atoms with van der Waals surface area (Å²) < 4.78 is 7.45. The number of carbonyl (C=O) groups excluding carboxylic acids is 1. The van der Waals surface area contributed by atoms with Crippen LogP contribution in [0.4, 0.5) is 5.69 Å². The van der Waals surface area contributed by atoms with Crippen molar-refractivity contribution in [2.75, 3.05) is 5.73 Å². The number of anilines is 1. The maximum absolute atomic E-state index is 12.3. The second-order valence-electron chi connectivity index (χ2n) is 6.17. The van der Waals surface area contributed by atoms with Gasteiger partial charge in [0.25, 0.3) is 5.91 Å². The summed E-state index contributed by atoms with van der Waals surface area (Å²) in [5, 5.41) is 10.6. The van der Waals surface area contributed by atoms with Gasteiger partial charge in [-0.3, -0.25) is 9.48 Å². The third-order valence-corrected chi connectivity index (χ3v) is 3.63. The number of nitrogens with zero attached hydrogens (tertiary/aromatic N) is 3. The van der Waals surface area contributed by atoms with E-state index in [1.54, 1.807) is 19.3 Å². The number of nitrogens with one attached hydrogen (secondary N) is 1. The largest absolute Gasteiger partial charge is 0.487 e. The van der Waals surface area contributed by atoms with Crippen LogP contribution in [0.3, 0.4) is 0 Å². The summed E-state index contributed by atoms with van der Waals surface area (Å²) in [5.74, 6) is 0.485. The van der Waals surface area contributed by atoms with Crippen molar-refractivity contribution in [2.45, 2.75) is 31.9 Å². The predicted molar refractivity (Wildman–Crippen MR) is 81.4 cm³/mol. The number of aryl methyl sites for hydroxylation is 1. The molecule has 0 saturated carbocycles. The normalized spacial score (nSPS) is 19.1. The molecule has 22 heavy (non-hydrogen) atoms. The third-order valence-electron chi connectivity index (χ3n) is 3.63. The number of amides is 1. The second kappa shape index (κ2) is 5.01. The van der Waals surface area contributed by atoms with Crippen LogP contribution in [0.15, 0.2) is 24.4 Å². The van der Waals surface area contributed by atoms with E-state index in [1.165, 1.54) is 4.68 Å². The SMILES string of the molecule is Cn1cc(C(=O)NC2CC(C)(C)Oc3ccc(N)cc32)nn1. The number of fused-ring (bicyclic) bond motifs is 1. The van der Waals surface area contributed by atoms with Gasteiger partial charge in [-0.05, 0) is 32.0 Å². The van der Waals surface area contributed by atoms with Gasteiger partial charge in [-0.2, -0.15) is 0 Å². The molecule has 0 radical (unpaired) electrons. The number of hydrogen-bond donors (Lipinski definition) is 2. The Morgan fingerprint density at radius 3 is 2.95 bits per heavy atom. The fourth-order valence-corrected chi connectivity index (χ4v) is 2.69. The second-order valence-corrected chi connectivity index (χ2v) is 6.17. The molecule has 0 spiro atoms. The van der Waals surface area contributed by atoms with Crippen molar-refractivity contribution < 1.29 is 9.53 Å². The van der Waals surface area contributed by atoms with Gasteiger partial charge < -0.3 is 15.8 Å². The van der Waals surface area contributed by atoms with E-state index >= 15 is 0 Å². The molecule has 7 heteroatoms. The number of carbonyl (C=O) groups is 1. The number of nitrogen functional groups attached to an aromatic ring is 1. The van der Waals surface area contributed by atoms with E-state index in [0.717, 1.165) is 11.3 Å². The fourth-order valence-electron chi connectivity index (χ4n) is 2.69. The number of nitrogens with two attached hydrogens (primary N) is 1. The number of rotatable bonds is 2. The Morgan fingerprint density at radius 2 is 2.27 bits per heavy atom. The van der Waals surface area contributed by atoms with Crippen LogP contribution >= 0.6 is 0 Å². The van der Waals surface area contributed by atoms with Crippen molar-refractivity contribution in [3.05, 3.63) is 35.7 Å². The summed E-state index contributed by atoms with van der Waals surface area (Å²) >= 11 is 0. The molecule has 0 aliphatic carbocycles. The van der Waals surface area contributed by atoms with Gasteiger partial charge in [0.1, 0.15) is 11.4 Å². The fraction of sp³-hybridized carbons (Fsp3) is 0.400. The molecule has 2 aromatic rings. The molecule has 1 aliphatic rings. The molecule has 1 aliphatic heterocycles. The molecule has 0 fully saturated rings. The molecule has 1 unspecified atom stereocenters. The van der Waals surface area contributed by atoms with Crippen LogP contribution < -0.4 is 15.8 Å². The Balaban J connectivity index is 1.90. The van der Waals surface area contributed by atoms with Crippen LogP contribution in [0.5, 0.6) is 5.75 Å². The average molecular weight is 301 g/mol. The third kappa shape index (κ3) is 2.74. The van der Waals surface area contributed by atoms with Crippen molar-refractivity contribution in [1.29, 1.82) is 0 Å². The lowest BCUT2D eigenvalue weighted by atomic mass is 9.89. The summed E-state index contributed by atoms with van der Waals surface area (Å²) in [5.41, 5.74) is 7.31. The van der Waals surface area contributed by atoms with Gasteiger partial charge in [-0.1, -0.05) is 5.21 Å². The van der Waals surface area contributed by atoms with Crippen LogP contribution in [0.2, 0.25) is 0 Å². The lowest BCUT2D eigenvalue weighted by Crippen LogP contribution is -2.41. The lowest BCUT2D eigenvalue weighted by Gasteiger charge is -2.37. The summed E-state index contributed by atoms with van der Waals surface area (Å²) in [7, 11) is 1.72. The summed E-state index contributed by atoms with van der Waals surface area (Å²) in [4.78, 5) is 12.3. The molecule has 7 nitrogen and oxygen atoms in total. The van der Waals surface area contributed by atoms with Crippen molar-refractivity contribution in [3.63, 3.8) is 0 Å². The molecular weight excluding hydrogens is 282 g/mol. The Bertz CT molecular complexity index is 722. The van der Waals surface area contributed by atoms with Gasteiger partial charge in [-0.15, -0.1) is 5.10 Å². The van der Waals surface area contributed by atoms with Gasteiger partial charge in [0.2, 0.25) is 0 Å². The predicted octanol–water partition coefficient (Wildman–Crippen LogP) is 1.43. The standard InChI is InChI=1S/C15H19N5O2/c1-15(2)7-11(10-6-9(16)4-5-13(10)22-15)17-14(21)12-8-20(3)19-18-12/h4-6,8,11H,7,16H2,1-3H3,(H,17,21). The Hall–Kier alpha value is -2.57. The quantitative estimate of drug-likeness (QED) is 0.818. The Labute approximate surface area is 128 Å². The van der Waals surface area contributed by atoms with Gasteiger partial charge in [-0.25, -0.2) is 0 Å². The van der Waals surface area contributed by atoms with Crippen molar-refractivity contribution >= 4 is 11.6 Å². The molecular formula is C15H19N5O2. The van der Waals surface area contributed by atoms with Crippen LogP contribution in [0, 0.1) is 0 Å². The molecule has 3 rings (SSSR count). The minimum Gasteiger partial charge on any atom is -0.487 e. The van der Waals surface area contributed by atoms with Crippen LogP contribution in [-0.4, -0.2) is 26.5 Å². The topological polar surface area (TPSA) is 95.1 Å². The van der Waals surface area contributed by atoms with Gasteiger partial charge in [0.15, 0.2) is 5.69 Å². The van der Waals surface area contributed by atoms with E-state index in [2.05, 4.69) is 15.6 Å². The zero-order valence-electron chi connectivity index (χ0n) is 12.8. The summed E-state index contributed by atoms with van der Waals surface area (Å²) in [6.45, 7) is 3.99. The highest BCUT2D eigenvalue weighted by molar-refractivity contribution is 5.92. The highest BCUT2D eigenvalue weighted by atomic mass is 16.5. The minimum absolute atomic E-state index is 0.184. The number of ether oxygens (including phenoxy) is 1. The van der Waals surface area contributed by atoms with E-state index in [0.29, 0.717) is 12.1 Å². The molecule has 1 amide bonds. The molecule has 116 valence electrons. The van der Waals surface area contributed by atoms with E-state index in [4.69, 9.17) is 10.5 Å². The van der Waals surface area contributed by atoms with Gasteiger partial charge in [0.05, 0.1) is 12.2 Å². The number of hydrogen-bond acceptors (Lipinski definition) is 5. The Kier molecular flexibility index (Phi) is 3.27. The van der Waals surface area contributed by atoms with E-state index < -0.39 is 0 Å². The first kappa shape index (κ1) is 14.4. The number of aromatic nitrogens is 3. The highest BCUT2D eigenvalue weighted by Gasteiger charge is 2.35. The maximum Gasteiger partial charge on any atom is 0.273 e. The smallest absolute Gasteiger partial charge is 0.273 e. The monoisotopic (exact) mass is 301 g/mol. The Morgan fingerprint density at radius 1 is 1.50 bits per heavy atom. The molecule has 1 atom stereocenters. The van der Waals surface area contributed by atoms with Crippen molar-refractivity contribution in [2.24, 2.45) is 7.05 Å². The summed E-state index contributed by atoms with van der Waals surface area (Å²) in [6, 6.07) is 5.29. The van der Waals surface area contributed by atoms with E-state index in [9.17, 15) is 4.79 Å². The maximum atomic E-state index is 12.3. The first-order valence-electron chi connectivity index (χ1n) is 7.10. The molecule has 0 saturated heterocycles. The first-order chi connectivity index (χ1) is 10.3. The molecule has 3 N–H and O–H groups in total. The van der Waals surface area contributed by atoms with Crippen LogP contribution in [0.25, 0.3) is 0 Å². The van der Waals surface area contributed by atoms with Crippen LogP contribution in [0.1, 0.15) is 42.4 Å². The van der Waals surface area contributed by atoms with E-state index in [1.807, 2.05) is 26.0 Å². The summed E-state index contributed by atoms with van der Waals surface area (Å²) in [6.07, 6.45) is 2.23. The molecule has 1 aromatic carbocycles. The lowest BCUT2D eigenvalue weighted by molar-refractivity contribution is 0.0618. The molecule has 0 bridgehead atoms. The zero-order valence-corrected chi connectivity index (χ0v) is 12.8. The molecule has 1 aromatic heterocycles. The highest BCUT2D eigenvalue weighted by Crippen LogP contribution is 2.40. The van der Waals surface area contributed by atoms with Crippen molar-refractivity contribution in [3.8, 4) is 5.75 Å². The molecule has 2 heterocycles. The van der Waals surface area contributed by atoms with E-state index in [-0.39, 0.29) is 23.2 Å².